The van der Waals surface area contributed by atoms with Crippen molar-refractivity contribution in [2.45, 2.75) is 108 Å². The van der Waals surface area contributed by atoms with Crippen LogP contribution in [-0.2, 0) is 28.5 Å². The van der Waals surface area contributed by atoms with Crippen molar-refractivity contribution in [3.63, 3.8) is 0 Å². The summed E-state index contributed by atoms with van der Waals surface area (Å²) in [6, 6.07) is 0. The Morgan fingerprint density at radius 1 is 0.705 bits per heavy atom. The normalized spacial score (nSPS) is 23.6. The molecule has 0 radical (unpaired) electrons. The van der Waals surface area contributed by atoms with Crippen LogP contribution in [0.25, 0.3) is 0 Å². The molecule has 10 heteroatoms. The van der Waals surface area contributed by atoms with Crippen molar-refractivity contribution in [3.05, 3.63) is 72.9 Å². The van der Waals surface area contributed by atoms with Gasteiger partial charge < -0.3 is 39.4 Å². The summed E-state index contributed by atoms with van der Waals surface area (Å²) in [6.07, 6.45) is 23.2. The first kappa shape index (κ1) is 39.2. The summed E-state index contributed by atoms with van der Waals surface area (Å²) in [5.41, 5.74) is 0. The van der Waals surface area contributed by atoms with Gasteiger partial charge in [0, 0.05) is 12.8 Å². The first-order valence-electron chi connectivity index (χ1n) is 15.5. The number of esters is 2. The van der Waals surface area contributed by atoms with E-state index in [0.717, 1.165) is 38.5 Å². The third-order valence-electron chi connectivity index (χ3n) is 6.42. The average Bonchev–Trinajstić information content (AvgIpc) is 3.02. The molecule has 10 nitrogen and oxygen atoms in total. The Kier molecular flexibility index (Phi) is 22.7. The number of aliphatic hydroxyl groups excluding tert-OH is 4. The zero-order valence-corrected chi connectivity index (χ0v) is 26.1. The molecule has 6 unspecified atom stereocenters. The number of hydrogen-bond acceptors (Lipinski definition) is 10. The monoisotopic (exact) mass is 620 g/mol. The van der Waals surface area contributed by atoms with Crippen LogP contribution in [0.15, 0.2) is 72.9 Å². The Bertz CT molecular complexity index is 950. The highest BCUT2D eigenvalue weighted by Gasteiger charge is 2.44. The van der Waals surface area contributed by atoms with Crippen LogP contribution in [0.2, 0.25) is 0 Å². The summed E-state index contributed by atoms with van der Waals surface area (Å²) in [4.78, 5) is 24.0. The molecular formula is C34H52O10. The largest absolute Gasteiger partial charge is 0.462 e. The predicted octanol–water partition coefficient (Wildman–Crippen LogP) is 4.15. The van der Waals surface area contributed by atoms with Crippen LogP contribution in [0.5, 0.6) is 0 Å². The average molecular weight is 621 g/mol. The summed E-state index contributed by atoms with van der Waals surface area (Å²) in [7, 11) is 0. The second-order valence-corrected chi connectivity index (χ2v) is 10.1. The number of carbonyl (C=O) groups excluding carboxylic acids is 2. The van der Waals surface area contributed by atoms with Crippen LogP contribution in [0, 0.1) is 0 Å². The Balaban J connectivity index is 2.33. The van der Waals surface area contributed by atoms with E-state index in [1.807, 2.05) is 12.2 Å². The molecule has 0 saturated carbocycles. The second-order valence-electron chi connectivity index (χ2n) is 10.1. The van der Waals surface area contributed by atoms with E-state index in [1.54, 1.807) is 6.92 Å². The number of ether oxygens (including phenoxy) is 4. The second kappa shape index (κ2) is 25.5. The maximum Gasteiger partial charge on any atom is 0.306 e. The summed E-state index contributed by atoms with van der Waals surface area (Å²) < 4.78 is 21.3. The maximum atomic E-state index is 12.4. The fraction of sp³-hybridized carbons (Fsp3) is 0.588. The molecule has 0 aromatic rings. The molecule has 6 atom stereocenters. The third kappa shape index (κ3) is 18.1. The van der Waals surface area contributed by atoms with Gasteiger partial charge in [0.15, 0.2) is 12.4 Å². The first-order chi connectivity index (χ1) is 21.3. The Morgan fingerprint density at radius 2 is 1.23 bits per heavy atom. The van der Waals surface area contributed by atoms with Gasteiger partial charge in [0.05, 0.1) is 13.2 Å². The number of aliphatic hydroxyl groups is 4. The lowest BCUT2D eigenvalue weighted by atomic mass is 9.99. The zero-order valence-electron chi connectivity index (χ0n) is 26.1. The predicted molar refractivity (Wildman–Crippen MR) is 168 cm³/mol. The SMILES string of the molecule is CC/C=C\C/C=C\C/C=C\C/C=C\C/C=C\C/C=C\CCC(=O)OC(COC(=O)CC)COC1OC(CO)C(O)C(O)C1O. The fourth-order valence-corrected chi connectivity index (χ4v) is 3.90. The minimum atomic E-state index is -1.61. The minimum Gasteiger partial charge on any atom is -0.462 e. The molecule has 4 N–H and O–H groups in total. The van der Waals surface area contributed by atoms with Gasteiger partial charge in [-0.15, -0.1) is 0 Å². The fourth-order valence-electron chi connectivity index (χ4n) is 3.90. The van der Waals surface area contributed by atoms with Crippen molar-refractivity contribution in [3.8, 4) is 0 Å². The number of carbonyl (C=O) groups is 2. The standard InChI is InChI=1S/C34H52O10/c1-3-5-6-7-8-9-10-11-12-13-14-15-16-17-18-19-20-21-22-23-30(37)43-27(25-41-29(36)4-2)26-42-34-33(40)32(39)31(38)28(24-35)44-34/h5-6,8-9,11-12,14-15,17-18,20-21,27-28,31-35,38-40H,3-4,7,10,13,16,19,22-26H2,1-2H3/b6-5-,9-8-,12-11-,15-14-,18-17-,21-20-. The van der Waals surface area contributed by atoms with Crippen molar-refractivity contribution in [2.24, 2.45) is 0 Å². The van der Waals surface area contributed by atoms with Gasteiger partial charge in [0.2, 0.25) is 0 Å². The van der Waals surface area contributed by atoms with Gasteiger partial charge in [-0.05, 0) is 44.9 Å². The van der Waals surface area contributed by atoms with Crippen LogP contribution in [0.4, 0.5) is 0 Å². The van der Waals surface area contributed by atoms with E-state index in [0.29, 0.717) is 6.42 Å². The third-order valence-corrected chi connectivity index (χ3v) is 6.42. The molecule has 1 heterocycles. The summed E-state index contributed by atoms with van der Waals surface area (Å²) in [6.45, 7) is 2.57. The zero-order chi connectivity index (χ0) is 32.4. The van der Waals surface area contributed by atoms with Gasteiger partial charge in [-0.25, -0.2) is 0 Å². The quantitative estimate of drug-likeness (QED) is 0.103. The van der Waals surface area contributed by atoms with E-state index in [-0.39, 0.29) is 26.1 Å². The topological polar surface area (TPSA) is 152 Å². The van der Waals surface area contributed by atoms with Crippen LogP contribution >= 0.6 is 0 Å². The van der Waals surface area contributed by atoms with Crippen LogP contribution in [-0.4, -0.2) is 89.0 Å². The maximum absolute atomic E-state index is 12.4. The number of rotatable bonds is 22. The van der Waals surface area contributed by atoms with Crippen molar-refractivity contribution >= 4 is 11.9 Å². The van der Waals surface area contributed by atoms with Gasteiger partial charge in [-0.1, -0.05) is 86.8 Å². The molecule has 44 heavy (non-hydrogen) atoms. The highest BCUT2D eigenvalue weighted by Crippen LogP contribution is 2.22. The van der Waals surface area contributed by atoms with Crippen molar-refractivity contribution in [1.29, 1.82) is 0 Å². The van der Waals surface area contributed by atoms with E-state index in [2.05, 4.69) is 67.7 Å². The Labute approximate surface area is 262 Å². The molecule has 1 rings (SSSR count). The van der Waals surface area contributed by atoms with E-state index in [4.69, 9.17) is 18.9 Å². The lowest BCUT2D eigenvalue weighted by molar-refractivity contribution is -0.305. The highest BCUT2D eigenvalue weighted by molar-refractivity contribution is 5.70. The van der Waals surface area contributed by atoms with E-state index in [9.17, 15) is 30.0 Å². The molecule has 0 aromatic carbocycles. The molecule has 0 spiro atoms. The van der Waals surface area contributed by atoms with E-state index >= 15 is 0 Å². The molecule has 1 saturated heterocycles. The Morgan fingerprint density at radius 3 is 1.73 bits per heavy atom. The lowest BCUT2D eigenvalue weighted by Crippen LogP contribution is -2.59. The van der Waals surface area contributed by atoms with Crippen molar-refractivity contribution in [1.82, 2.24) is 0 Å². The highest BCUT2D eigenvalue weighted by atomic mass is 16.7. The molecule has 1 aliphatic heterocycles. The molecule has 1 aliphatic rings. The molecule has 0 aliphatic carbocycles. The molecule has 0 bridgehead atoms. The number of hydrogen-bond donors (Lipinski definition) is 4. The van der Waals surface area contributed by atoms with Crippen molar-refractivity contribution < 1.29 is 49.0 Å². The van der Waals surface area contributed by atoms with Gasteiger partial charge >= 0.3 is 11.9 Å². The van der Waals surface area contributed by atoms with Crippen LogP contribution < -0.4 is 0 Å². The number of allylic oxidation sites excluding steroid dienone is 12. The van der Waals surface area contributed by atoms with E-state index in [1.165, 1.54) is 0 Å². The minimum absolute atomic E-state index is 0.0977. The smallest absolute Gasteiger partial charge is 0.306 e. The Hall–Kier alpha value is -2.86. The van der Waals surface area contributed by atoms with Gasteiger partial charge in [-0.3, -0.25) is 9.59 Å². The summed E-state index contributed by atoms with van der Waals surface area (Å²) in [5.74, 6) is -1.02. The molecule has 248 valence electrons. The molecule has 1 fully saturated rings. The van der Waals surface area contributed by atoms with Crippen LogP contribution in [0.3, 0.4) is 0 Å². The molecule has 0 aromatic heterocycles. The lowest BCUT2D eigenvalue weighted by Gasteiger charge is -2.39. The van der Waals surface area contributed by atoms with Gasteiger partial charge in [0.1, 0.15) is 31.0 Å². The molecule has 0 amide bonds. The summed E-state index contributed by atoms with van der Waals surface area (Å²) in [5, 5.41) is 39.3. The van der Waals surface area contributed by atoms with E-state index < -0.39 is 55.4 Å². The van der Waals surface area contributed by atoms with Crippen molar-refractivity contribution in [2.75, 3.05) is 19.8 Å². The van der Waals surface area contributed by atoms with Gasteiger partial charge in [0.25, 0.3) is 0 Å². The first-order valence-corrected chi connectivity index (χ1v) is 15.5. The van der Waals surface area contributed by atoms with Gasteiger partial charge in [-0.2, -0.15) is 0 Å². The summed E-state index contributed by atoms with van der Waals surface area (Å²) >= 11 is 0. The van der Waals surface area contributed by atoms with Crippen LogP contribution in [0.1, 0.15) is 71.6 Å². The molecular weight excluding hydrogens is 568 g/mol.